The molecule has 0 amide bonds. The summed E-state index contributed by atoms with van der Waals surface area (Å²) in [4.78, 5) is 0. The van der Waals surface area contributed by atoms with Crippen LogP contribution < -0.4 is 0 Å². The molecule has 8 bridgehead atoms. The summed E-state index contributed by atoms with van der Waals surface area (Å²) in [6.45, 7) is 22.0. The third kappa shape index (κ3) is 8.00. The van der Waals surface area contributed by atoms with Gasteiger partial charge in [0.15, 0.2) is 0 Å². The van der Waals surface area contributed by atoms with Crippen LogP contribution in [0.25, 0.3) is 11.5 Å². The summed E-state index contributed by atoms with van der Waals surface area (Å²) in [5, 5.41) is 0. The average molecular weight is 809 g/mol. The Balaban J connectivity index is 0.000000131. The molecule has 10 saturated carbocycles. The molecule has 2 N–H and O–H groups in total. The molecule has 0 aromatic rings. The van der Waals surface area contributed by atoms with E-state index in [2.05, 4.69) is 69.2 Å². The van der Waals surface area contributed by atoms with E-state index < -0.39 is 0 Å². The second kappa shape index (κ2) is 14.2. The Bertz CT molecular complexity index is 667. The minimum Gasteiger partial charge on any atom is -0.672 e. The maximum Gasteiger partial charge on any atom is 4.00 e. The van der Waals surface area contributed by atoms with Crippen molar-refractivity contribution in [1.82, 2.24) is 0 Å². The summed E-state index contributed by atoms with van der Waals surface area (Å²) in [5.74, 6) is 20.4. The van der Waals surface area contributed by atoms with Gasteiger partial charge < -0.3 is 11.5 Å². The Kier molecular flexibility index (Phi) is 12.2. The first-order valence-electron chi connectivity index (χ1n) is 17.5. The Hall–Kier alpha value is 0.972. The van der Waals surface area contributed by atoms with Crippen LogP contribution >= 0.6 is 0 Å². The van der Waals surface area contributed by atoms with Gasteiger partial charge in [-0.1, -0.05) is 108 Å². The molecule has 10 rings (SSSR count). The molecule has 0 spiro atoms. The van der Waals surface area contributed by atoms with Crippen LogP contribution in [0.4, 0.5) is 0 Å². The van der Waals surface area contributed by atoms with E-state index >= 15 is 0 Å². The Morgan fingerprint density at radius 3 is 0.535 bits per heavy atom. The van der Waals surface area contributed by atoms with Gasteiger partial charge in [-0.25, -0.2) is 0 Å². The topological polar surface area (TPSA) is 47.6 Å². The van der Waals surface area contributed by atoms with Crippen LogP contribution in [0.1, 0.15) is 146 Å². The molecule has 0 unspecified atom stereocenters. The maximum atomic E-state index is 8.21. The van der Waals surface area contributed by atoms with E-state index in [0.29, 0.717) is 0 Å². The third-order valence-corrected chi connectivity index (χ3v) is 13.7. The van der Waals surface area contributed by atoms with Crippen LogP contribution in [0, 0.1) is 126 Å². The van der Waals surface area contributed by atoms with E-state index in [1.54, 1.807) is 0 Å². The predicted octanol–water partition coefficient (Wildman–Crippen LogP) is 12.0. The van der Waals surface area contributed by atoms with E-state index in [-0.39, 0.29) is 42.2 Å². The molecule has 10 aliphatic rings. The van der Waals surface area contributed by atoms with E-state index in [1.807, 2.05) is 0 Å². The molecule has 10 fully saturated rings. The van der Waals surface area contributed by atoms with E-state index in [4.69, 9.17) is 11.5 Å². The first kappa shape index (κ1) is 36.8. The minimum absolute atomic E-state index is 0. The number of nitrogens with one attached hydrogen (secondary N) is 2. The normalized spacial score (nSPS) is 44.1. The van der Waals surface area contributed by atoms with Gasteiger partial charge in [0.05, 0.1) is 0 Å². The Morgan fingerprint density at radius 1 is 0.326 bits per heavy atom. The largest absolute Gasteiger partial charge is 4.00 e. The van der Waals surface area contributed by atoms with E-state index in [0.717, 1.165) is 35.5 Å². The molecule has 10 radical (unpaired) electrons. The van der Waals surface area contributed by atoms with Crippen molar-refractivity contribution in [2.45, 2.75) is 157 Å². The summed E-state index contributed by atoms with van der Waals surface area (Å²) in [6, 6.07) is 0. The summed E-state index contributed by atoms with van der Waals surface area (Å²) in [7, 11) is 0. The summed E-state index contributed by atoms with van der Waals surface area (Å²) in [6.07, 6.45) is 16.2. The quantitative estimate of drug-likeness (QED) is 0.234. The molecule has 0 aromatic carbocycles. The first-order chi connectivity index (χ1) is 19.6. The van der Waals surface area contributed by atoms with Gasteiger partial charge in [-0.15, -0.1) is 11.1 Å². The van der Waals surface area contributed by atoms with Crippen molar-refractivity contribution in [2.24, 2.45) is 35.5 Å². The molecule has 234 valence electrons. The first-order valence-corrected chi connectivity index (χ1v) is 17.5. The molecule has 2 nitrogen and oxygen atoms in total. The molecule has 0 saturated heterocycles. The van der Waals surface area contributed by atoms with E-state index in [9.17, 15) is 0 Å². The SMILES string of the molecule is C[C]1[C](C)[C](C)[C](C)[C]1C.C[C]1[C](C)[C](C)[C](C)[C]1C.[NH-]C12CC3CC(CC(C3)C1)C2.[NH-]C12CC3CC(CC(C3)C1)C2.[U+4]. The van der Waals surface area contributed by atoms with Crippen molar-refractivity contribution in [1.29, 1.82) is 0 Å². The predicted molar refractivity (Wildman–Crippen MR) is 180 cm³/mol. The molecule has 10 aliphatic carbocycles. The van der Waals surface area contributed by atoms with Gasteiger partial charge in [0, 0.05) is 0 Å². The second-order valence-electron chi connectivity index (χ2n) is 16.6. The van der Waals surface area contributed by atoms with Crippen LogP contribution in [0.3, 0.4) is 0 Å². The number of rotatable bonds is 0. The molecule has 0 atom stereocenters. The molecular formula is C40H62N2U+2. The van der Waals surface area contributed by atoms with Crippen molar-refractivity contribution in [2.75, 3.05) is 0 Å². The molecule has 0 aromatic heterocycles. The van der Waals surface area contributed by atoms with Gasteiger partial charge >= 0.3 is 31.1 Å². The minimum atomic E-state index is 0. The monoisotopic (exact) mass is 809 g/mol. The van der Waals surface area contributed by atoms with Gasteiger partial charge in [-0.2, -0.15) is 0 Å². The second-order valence-corrected chi connectivity index (χ2v) is 16.6. The molecule has 0 aliphatic heterocycles. The summed E-state index contributed by atoms with van der Waals surface area (Å²) < 4.78 is 0. The third-order valence-electron chi connectivity index (χ3n) is 13.7. The summed E-state index contributed by atoms with van der Waals surface area (Å²) >= 11 is 0. The van der Waals surface area contributed by atoms with Gasteiger partial charge in [0.25, 0.3) is 0 Å². The van der Waals surface area contributed by atoms with Gasteiger partial charge in [0.1, 0.15) is 0 Å². The van der Waals surface area contributed by atoms with Crippen LogP contribution in [0.15, 0.2) is 0 Å². The van der Waals surface area contributed by atoms with E-state index in [1.165, 1.54) is 136 Å². The zero-order chi connectivity index (χ0) is 30.7. The molecule has 43 heavy (non-hydrogen) atoms. The fraction of sp³-hybridized carbons (Fsp3) is 0.750. The van der Waals surface area contributed by atoms with Crippen LogP contribution in [-0.4, -0.2) is 11.1 Å². The Labute approximate surface area is 293 Å². The standard InChI is InChI=1S/2C10H16N.2C10H15.U/c2*11-10-4-7-1-8(5-10)3-9(2-7)6-10;2*1-6-7(2)9(4)10(5)8(6)3;/h2*7-9,11H,1-6H2;2*1-5H3;/q2*-1;;;+4. The van der Waals surface area contributed by atoms with Crippen molar-refractivity contribution >= 4 is 0 Å². The zero-order valence-electron chi connectivity index (χ0n) is 29.4. The number of hydrogen-bond acceptors (Lipinski definition) is 0. The smallest absolute Gasteiger partial charge is 0.672 e. The van der Waals surface area contributed by atoms with Gasteiger partial charge in [-0.3, -0.25) is 0 Å². The average Bonchev–Trinajstić information content (AvgIpc) is 3.17. The van der Waals surface area contributed by atoms with Crippen molar-refractivity contribution in [3.8, 4) is 0 Å². The van der Waals surface area contributed by atoms with Crippen molar-refractivity contribution in [3.05, 3.63) is 70.6 Å². The van der Waals surface area contributed by atoms with Crippen LogP contribution in [0.2, 0.25) is 0 Å². The van der Waals surface area contributed by atoms with Crippen LogP contribution in [-0.2, 0) is 0 Å². The van der Waals surface area contributed by atoms with Gasteiger partial charge in [0.2, 0.25) is 0 Å². The fourth-order valence-electron chi connectivity index (χ4n) is 11.0. The maximum absolute atomic E-state index is 8.21. The number of hydrogen-bond donors (Lipinski definition) is 0. The molecular weight excluding hydrogens is 746 g/mol. The van der Waals surface area contributed by atoms with Crippen LogP contribution in [0.5, 0.6) is 0 Å². The summed E-state index contributed by atoms with van der Waals surface area (Å²) in [5.41, 5.74) is 16.5. The fourth-order valence-corrected chi connectivity index (χ4v) is 11.0. The van der Waals surface area contributed by atoms with Gasteiger partial charge in [-0.05, 0) is 133 Å². The van der Waals surface area contributed by atoms with Crippen molar-refractivity contribution in [3.63, 3.8) is 0 Å². The Morgan fingerprint density at radius 2 is 0.442 bits per heavy atom. The van der Waals surface area contributed by atoms with Crippen molar-refractivity contribution < 1.29 is 31.1 Å². The zero-order valence-corrected chi connectivity index (χ0v) is 33.6. The molecule has 0 heterocycles. The molecule has 3 heteroatoms.